The van der Waals surface area contributed by atoms with Crippen LogP contribution in [0.4, 0.5) is 0 Å². The monoisotopic (exact) mass is 309 g/mol. The Morgan fingerprint density at radius 1 is 0.632 bits per heavy atom. The second-order valence-corrected chi connectivity index (χ2v) is 9.30. The molecule has 0 aliphatic rings. The second-order valence-electron chi connectivity index (χ2n) is 4.54. The zero-order valence-corrected chi connectivity index (χ0v) is 15.3. The van der Waals surface area contributed by atoms with Crippen molar-refractivity contribution in [2.24, 2.45) is 0 Å². The molecular formula is C12H31NO4Si2. The van der Waals surface area contributed by atoms with Crippen LogP contribution >= 0.6 is 0 Å². The van der Waals surface area contributed by atoms with Gasteiger partial charge in [0.15, 0.2) is 0 Å². The number of unbranched alkanes of at least 4 members (excludes halogenated alkanes) is 2. The minimum Gasteiger partial charge on any atom is -0.400 e. The quantitative estimate of drug-likeness (QED) is 0.385. The minimum absolute atomic E-state index is 1.09. The van der Waals surface area contributed by atoms with Crippen molar-refractivity contribution in [1.82, 2.24) is 5.32 Å². The first kappa shape index (κ1) is 19.2. The predicted octanol–water partition coefficient (Wildman–Crippen LogP) is 1.16. The maximum Gasteiger partial charge on any atom is 0.320 e. The molecule has 0 spiro atoms. The molecule has 5 nitrogen and oxygen atoms in total. The van der Waals surface area contributed by atoms with Crippen molar-refractivity contribution in [2.45, 2.75) is 37.8 Å². The van der Waals surface area contributed by atoms with Gasteiger partial charge < -0.3 is 23.0 Å². The first-order chi connectivity index (χ1) is 9.28. The van der Waals surface area contributed by atoms with Gasteiger partial charge in [0, 0.05) is 28.4 Å². The maximum atomic E-state index is 5.28. The summed E-state index contributed by atoms with van der Waals surface area (Å²) in [7, 11) is 4.32. The molecule has 7 heteroatoms. The Labute approximate surface area is 121 Å². The molecule has 1 N–H and O–H groups in total. The number of nitrogens with one attached hydrogen (secondary N) is 1. The highest BCUT2D eigenvalue weighted by Gasteiger charge is 2.08. The van der Waals surface area contributed by atoms with E-state index in [9.17, 15) is 0 Å². The fraction of sp³-hybridized carbons (Fsp3) is 1.00. The first-order valence-electron chi connectivity index (χ1n) is 7.10. The van der Waals surface area contributed by atoms with Gasteiger partial charge in [0.25, 0.3) is 0 Å². The number of hydrogen-bond acceptors (Lipinski definition) is 5. The lowest BCUT2D eigenvalue weighted by atomic mass is 10.3. The zero-order valence-electron chi connectivity index (χ0n) is 12.9. The predicted molar refractivity (Wildman–Crippen MR) is 83.3 cm³/mol. The molecule has 0 saturated carbocycles. The van der Waals surface area contributed by atoms with Crippen LogP contribution in [0.5, 0.6) is 0 Å². The second kappa shape index (κ2) is 14.6. The summed E-state index contributed by atoms with van der Waals surface area (Å²) in [5, 5.41) is 3.47. The lowest BCUT2D eigenvalue weighted by Crippen LogP contribution is -2.21. The topological polar surface area (TPSA) is 49.0 Å². The molecule has 0 amide bonds. The summed E-state index contributed by atoms with van der Waals surface area (Å²) >= 11 is 0. The molecule has 0 aliphatic heterocycles. The molecule has 0 aromatic heterocycles. The van der Waals surface area contributed by atoms with Crippen LogP contribution in [-0.2, 0) is 17.7 Å². The molecule has 0 aromatic carbocycles. The molecule has 0 bridgehead atoms. The highest BCUT2D eigenvalue weighted by molar-refractivity contribution is 6.44. The maximum absolute atomic E-state index is 5.28. The highest BCUT2D eigenvalue weighted by Crippen LogP contribution is 2.03. The van der Waals surface area contributed by atoms with Gasteiger partial charge in [-0.1, -0.05) is 12.8 Å². The Hall–Kier alpha value is 0.234. The molecule has 0 unspecified atom stereocenters. The Morgan fingerprint density at radius 2 is 1.00 bits per heavy atom. The van der Waals surface area contributed by atoms with Gasteiger partial charge in [-0.2, -0.15) is 0 Å². The Balaban J connectivity index is 3.19. The van der Waals surface area contributed by atoms with E-state index >= 15 is 0 Å². The molecule has 0 saturated heterocycles. The minimum atomic E-state index is -1.33. The number of rotatable bonds is 14. The summed E-state index contributed by atoms with van der Waals surface area (Å²) in [5.41, 5.74) is 0. The van der Waals surface area contributed by atoms with E-state index in [1.54, 1.807) is 28.4 Å². The third-order valence-corrected chi connectivity index (χ3v) is 7.00. The SMILES string of the molecule is CO[SiH](CCCCNCCCC[SiH](OC)OC)OC. The summed E-state index contributed by atoms with van der Waals surface area (Å²) < 4.78 is 21.1. The van der Waals surface area contributed by atoms with Gasteiger partial charge in [0.2, 0.25) is 0 Å². The fourth-order valence-corrected chi connectivity index (χ4v) is 4.48. The van der Waals surface area contributed by atoms with Crippen LogP contribution in [0.1, 0.15) is 25.7 Å². The van der Waals surface area contributed by atoms with Crippen molar-refractivity contribution in [3.8, 4) is 0 Å². The fourth-order valence-electron chi connectivity index (χ4n) is 1.91. The molecule has 116 valence electrons. The molecular weight excluding hydrogens is 278 g/mol. The molecule has 19 heavy (non-hydrogen) atoms. The highest BCUT2D eigenvalue weighted by atomic mass is 28.3. The van der Waals surface area contributed by atoms with E-state index in [0.29, 0.717) is 0 Å². The van der Waals surface area contributed by atoms with Crippen molar-refractivity contribution in [3.63, 3.8) is 0 Å². The van der Waals surface area contributed by atoms with Crippen LogP contribution in [-0.4, -0.2) is 60.1 Å². The first-order valence-corrected chi connectivity index (χ1v) is 10.6. The average molecular weight is 310 g/mol. The van der Waals surface area contributed by atoms with Crippen LogP contribution in [0.3, 0.4) is 0 Å². The van der Waals surface area contributed by atoms with Gasteiger partial charge in [-0.3, -0.25) is 0 Å². The third-order valence-electron chi connectivity index (χ3n) is 3.14. The van der Waals surface area contributed by atoms with Crippen LogP contribution in [0.2, 0.25) is 12.1 Å². The van der Waals surface area contributed by atoms with Crippen molar-refractivity contribution < 1.29 is 17.7 Å². The summed E-state index contributed by atoms with van der Waals surface area (Å²) in [6.07, 6.45) is 4.77. The van der Waals surface area contributed by atoms with Crippen molar-refractivity contribution in [3.05, 3.63) is 0 Å². The smallest absolute Gasteiger partial charge is 0.320 e. The average Bonchev–Trinajstić information content (AvgIpc) is 2.45. The van der Waals surface area contributed by atoms with Gasteiger partial charge in [0.05, 0.1) is 0 Å². The van der Waals surface area contributed by atoms with E-state index < -0.39 is 18.6 Å². The van der Waals surface area contributed by atoms with E-state index in [1.807, 2.05) is 0 Å². The van der Waals surface area contributed by atoms with Gasteiger partial charge in [0.1, 0.15) is 0 Å². The van der Waals surface area contributed by atoms with Crippen LogP contribution < -0.4 is 5.32 Å². The lowest BCUT2D eigenvalue weighted by Gasteiger charge is -2.11. The third kappa shape index (κ3) is 11.7. The van der Waals surface area contributed by atoms with E-state index in [2.05, 4.69) is 5.32 Å². The van der Waals surface area contributed by atoms with Gasteiger partial charge in [-0.25, -0.2) is 0 Å². The van der Waals surface area contributed by atoms with Crippen LogP contribution in [0.15, 0.2) is 0 Å². The van der Waals surface area contributed by atoms with Gasteiger partial charge >= 0.3 is 18.6 Å². The summed E-state index contributed by atoms with van der Waals surface area (Å²) in [6, 6.07) is 2.20. The normalized spacial score (nSPS) is 11.7. The van der Waals surface area contributed by atoms with E-state index in [0.717, 1.165) is 25.2 Å². The lowest BCUT2D eigenvalue weighted by molar-refractivity contribution is 0.276. The van der Waals surface area contributed by atoms with Crippen LogP contribution in [0, 0.1) is 0 Å². The number of hydrogen-bond donors (Lipinski definition) is 1. The summed E-state index contributed by atoms with van der Waals surface area (Å²) in [6.45, 7) is 2.17. The van der Waals surface area contributed by atoms with E-state index in [4.69, 9.17) is 17.7 Å². The molecule has 0 rings (SSSR count). The summed E-state index contributed by atoms with van der Waals surface area (Å²) in [4.78, 5) is 0. The Morgan fingerprint density at radius 3 is 1.32 bits per heavy atom. The molecule has 0 atom stereocenters. The zero-order chi connectivity index (χ0) is 14.3. The van der Waals surface area contributed by atoms with Crippen molar-refractivity contribution >= 4 is 18.6 Å². The molecule has 0 aliphatic carbocycles. The summed E-state index contributed by atoms with van der Waals surface area (Å²) in [5.74, 6) is 0. The van der Waals surface area contributed by atoms with Gasteiger partial charge in [-0.05, 0) is 38.0 Å². The van der Waals surface area contributed by atoms with Crippen molar-refractivity contribution in [2.75, 3.05) is 41.5 Å². The Kier molecular flexibility index (Phi) is 14.8. The van der Waals surface area contributed by atoms with E-state index in [-0.39, 0.29) is 0 Å². The van der Waals surface area contributed by atoms with Crippen molar-refractivity contribution in [1.29, 1.82) is 0 Å². The molecule has 0 heterocycles. The standard InChI is InChI=1S/C12H31NO4Si2/c1-14-18(15-2)11-7-5-9-13-10-6-8-12-19(16-3)17-4/h13,18-19H,5-12H2,1-4H3. The van der Waals surface area contributed by atoms with Crippen LogP contribution in [0.25, 0.3) is 0 Å². The van der Waals surface area contributed by atoms with Gasteiger partial charge in [-0.15, -0.1) is 0 Å². The largest absolute Gasteiger partial charge is 0.400 e. The molecule has 0 radical (unpaired) electrons. The molecule has 0 fully saturated rings. The Bertz CT molecular complexity index is 163. The van der Waals surface area contributed by atoms with E-state index in [1.165, 1.54) is 25.7 Å². The molecule has 0 aromatic rings.